The summed E-state index contributed by atoms with van der Waals surface area (Å²) in [5, 5.41) is 8.84. The van der Waals surface area contributed by atoms with Gasteiger partial charge in [0.2, 0.25) is 5.91 Å². The molecule has 1 aliphatic rings. The molecule has 1 heterocycles. The van der Waals surface area contributed by atoms with Gasteiger partial charge in [-0.1, -0.05) is 6.07 Å². The third kappa shape index (κ3) is 4.26. The zero-order valence-electron chi connectivity index (χ0n) is 12.2. The van der Waals surface area contributed by atoms with Gasteiger partial charge in [-0.2, -0.15) is 0 Å². The maximum Gasteiger partial charge on any atom is 0.305 e. The van der Waals surface area contributed by atoms with Crippen molar-refractivity contribution in [3.05, 3.63) is 35.4 Å². The van der Waals surface area contributed by atoms with Crippen molar-refractivity contribution in [1.29, 1.82) is 0 Å². The van der Waals surface area contributed by atoms with Gasteiger partial charge in [-0.05, 0) is 43.4 Å². The van der Waals surface area contributed by atoms with Gasteiger partial charge in [0.25, 0.3) is 0 Å². The summed E-state index contributed by atoms with van der Waals surface area (Å²) >= 11 is 0. The lowest BCUT2D eigenvalue weighted by Gasteiger charge is -2.23. The summed E-state index contributed by atoms with van der Waals surface area (Å²) in [6.07, 6.45) is 2.83. The summed E-state index contributed by atoms with van der Waals surface area (Å²) in [5.41, 5.74) is 0.648. The van der Waals surface area contributed by atoms with Crippen molar-refractivity contribution in [3.63, 3.8) is 0 Å². The molecule has 1 atom stereocenters. The maximum absolute atomic E-state index is 13.1. The predicted molar refractivity (Wildman–Crippen MR) is 76.3 cm³/mol. The first-order chi connectivity index (χ1) is 10.5. The van der Waals surface area contributed by atoms with Crippen LogP contribution in [0.15, 0.2) is 18.2 Å². The van der Waals surface area contributed by atoms with Crippen molar-refractivity contribution in [1.82, 2.24) is 4.90 Å². The summed E-state index contributed by atoms with van der Waals surface area (Å²) in [5.74, 6) is -2.73. The van der Waals surface area contributed by atoms with Crippen molar-refractivity contribution >= 4 is 11.9 Å². The fourth-order valence-electron chi connectivity index (χ4n) is 2.86. The maximum atomic E-state index is 13.1. The summed E-state index contributed by atoms with van der Waals surface area (Å²) in [4.78, 5) is 24.6. The number of aliphatic carboxylic acids is 1. The number of aryl methyl sites for hydroxylation is 1. The smallest absolute Gasteiger partial charge is 0.305 e. The molecule has 1 amide bonds. The molecule has 1 saturated heterocycles. The van der Waals surface area contributed by atoms with E-state index in [0.29, 0.717) is 24.9 Å². The molecule has 0 aromatic heterocycles. The molecule has 0 aliphatic carbocycles. The molecule has 4 nitrogen and oxygen atoms in total. The Kier molecular flexibility index (Phi) is 5.46. The lowest BCUT2D eigenvalue weighted by molar-refractivity contribution is -0.139. The van der Waals surface area contributed by atoms with Crippen LogP contribution in [-0.2, 0) is 16.0 Å². The molecule has 1 N–H and O–H groups in total. The molecule has 0 bridgehead atoms. The van der Waals surface area contributed by atoms with Crippen molar-refractivity contribution in [2.75, 3.05) is 6.54 Å². The molecule has 120 valence electrons. The second-order valence-corrected chi connectivity index (χ2v) is 5.58. The summed E-state index contributed by atoms with van der Waals surface area (Å²) in [7, 11) is 0. The van der Waals surface area contributed by atoms with Gasteiger partial charge in [0.05, 0.1) is 6.42 Å². The zero-order chi connectivity index (χ0) is 16.1. The second kappa shape index (κ2) is 7.33. The van der Waals surface area contributed by atoms with Crippen LogP contribution in [0.2, 0.25) is 0 Å². The minimum Gasteiger partial charge on any atom is -0.481 e. The van der Waals surface area contributed by atoms with Crippen LogP contribution >= 0.6 is 0 Å². The minimum absolute atomic E-state index is 0.0189. The van der Waals surface area contributed by atoms with E-state index in [-0.39, 0.29) is 24.8 Å². The lowest BCUT2D eigenvalue weighted by Crippen LogP contribution is -2.36. The normalized spacial score (nSPS) is 17.7. The van der Waals surface area contributed by atoms with Crippen LogP contribution in [-0.4, -0.2) is 34.5 Å². The Morgan fingerprint density at radius 3 is 2.73 bits per heavy atom. The molecule has 2 rings (SSSR count). The molecule has 22 heavy (non-hydrogen) atoms. The fraction of sp³-hybridized carbons (Fsp3) is 0.500. The van der Waals surface area contributed by atoms with Gasteiger partial charge >= 0.3 is 5.97 Å². The van der Waals surface area contributed by atoms with E-state index >= 15 is 0 Å². The average molecular weight is 311 g/mol. The van der Waals surface area contributed by atoms with Crippen LogP contribution in [0.4, 0.5) is 8.78 Å². The van der Waals surface area contributed by atoms with Gasteiger partial charge in [0.1, 0.15) is 0 Å². The number of carboxylic acids is 1. The lowest BCUT2D eigenvalue weighted by atomic mass is 10.1. The number of halogens is 2. The number of rotatable bonds is 6. The monoisotopic (exact) mass is 311 g/mol. The van der Waals surface area contributed by atoms with Crippen molar-refractivity contribution < 1.29 is 23.5 Å². The van der Waals surface area contributed by atoms with Crippen LogP contribution in [0.5, 0.6) is 0 Å². The molecular formula is C16H19F2NO3. The number of benzene rings is 1. The number of carbonyl (C=O) groups excluding carboxylic acids is 1. The third-order valence-electron chi connectivity index (χ3n) is 3.95. The Balaban J connectivity index is 1.82. The Labute approximate surface area is 127 Å². The van der Waals surface area contributed by atoms with E-state index in [2.05, 4.69) is 0 Å². The van der Waals surface area contributed by atoms with Gasteiger partial charge in [-0.3, -0.25) is 9.59 Å². The van der Waals surface area contributed by atoms with Crippen LogP contribution in [0.25, 0.3) is 0 Å². The number of hydrogen-bond donors (Lipinski definition) is 1. The van der Waals surface area contributed by atoms with E-state index < -0.39 is 17.6 Å². The van der Waals surface area contributed by atoms with Gasteiger partial charge < -0.3 is 10.0 Å². The van der Waals surface area contributed by atoms with Gasteiger partial charge in [0, 0.05) is 19.0 Å². The topological polar surface area (TPSA) is 57.6 Å². The van der Waals surface area contributed by atoms with E-state index in [9.17, 15) is 18.4 Å². The first kappa shape index (κ1) is 16.4. The molecule has 1 fully saturated rings. The molecule has 1 unspecified atom stereocenters. The quantitative estimate of drug-likeness (QED) is 0.879. The zero-order valence-corrected chi connectivity index (χ0v) is 12.2. The van der Waals surface area contributed by atoms with Gasteiger partial charge in [0.15, 0.2) is 11.6 Å². The van der Waals surface area contributed by atoms with Crippen molar-refractivity contribution in [2.45, 2.75) is 44.6 Å². The highest BCUT2D eigenvalue weighted by molar-refractivity contribution is 5.78. The van der Waals surface area contributed by atoms with E-state index in [4.69, 9.17) is 5.11 Å². The standard InChI is InChI=1S/C16H19F2NO3/c17-13-7-6-11(9-14(13)18)3-1-5-15(20)19-8-2-4-12(19)10-16(21)22/h6-7,9,12H,1-5,8,10H2,(H,21,22). The van der Waals surface area contributed by atoms with Crippen LogP contribution in [0.3, 0.4) is 0 Å². The first-order valence-corrected chi connectivity index (χ1v) is 7.42. The molecular weight excluding hydrogens is 292 g/mol. The molecule has 0 spiro atoms. The number of nitrogens with zero attached hydrogens (tertiary/aromatic N) is 1. The highest BCUT2D eigenvalue weighted by Gasteiger charge is 2.29. The number of carboxylic acid groups (broad SMARTS) is 1. The number of likely N-dealkylation sites (tertiary alicyclic amines) is 1. The minimum atomic E-state index is -0.897. The van der Waals surface area contributed by atoms with E-state index in [1.807, 2.05) is 0 Å². The Morgan fingerprint density at radius 2 is 2.05 bits per heavy atom. The molecule has 0 radical (unpaired) electrons. The Morgan fingerprint density at radius 1 is 1.27 bits per heavy atom. The molecule has 1 aromatic rings. The Bertz CT molecular complexity index is 562. The molecule has 1 aliphatic heterocycles. The summed E-state index contributed by atoms with van der Waals surface area (Å²) in [6, 6.07) is 3.51. The number of carbonyl (C=O) groups is 2. The molecule has 1 aromatic carbocycles. The van der Waals surface area contributed by atoms with Crippen molar-refractivity contribution in [2.24, 2.45) is 0 Å². The van der Waals surface area contributed by atoms with Crippen LogP contribution in [0.1, 0.15) is 37.7 Å². The van der Waals surface area contributed by atoms with Crippen LogP contribution < -0.4 is 0 Å². The molecule has 0 saturated carbocycles. The number of hydrogen-bond acceptors (Lipinski definition) is 2. The van der Waals surface area contributed by atoms with Crippen molar-refractivity contribution in [3.8, 4) is 0 Å². The fourth-order valence-corrected chi connectivity index (χ4v) is 2.86. The van der Waals surface area contributed by atoms with Gasteiger partial charge in [-0.15, -0.1) is 0 Å². The highest BCUT2D eigenvalue weighted by atomic mass is 19.2. The third-order valence-corrected chi connectivity index (χ3v) is 3.95. The summed E-state index contributed by atoms with van der Waals surface area (Å²) in [6.45, 7) is 0.599. The van der Waals surface area contributed by atoms with E-state index in [1.165, 1.54) is 6.07 Å². The second-order valence-electron chi connectivity index (χ2n) is 5.58. The van der Waals surface area contributed by atoms with E-state index in [0.717, 1.165) is 25.0 Å². The Hall–Kier alpha value is -1.98. The largest absolute Gasteiger partial charge is 0.481 e. The first-order valence-electron chi connectivity index (χ1n) is 7.42. The van der Waals surface area contributed by atoms with Gasteiger partial charge in [-0.25, -0.2) is 8.78 Å². The van der Waals surface area contributed by atoms with E-state index in [1.54, 1.807) is 4.90 Å². The van der Waals surface area contributed by atoms with Crippen LogP contribution in [0, 0.1) is 11.6 Å². The molecule has 6 heteroatoms. The SMILES string of the molecule is O=C(O)CC1CCCN1C(=O)CCCc1ccc(F)c(F)c1. The predicted octanol–water partition coefficient (Wildman–Crippen LogP) is 2.75. The average Bonchev–Trinajstić information content (AvgIpc) is 2.90. The number of amides is 1. The highest BCUT2D eigenvalue weighted by Crippen LogP contribution is 2.22. The summed E-state index contributed by atoms with van der Waals surface area (Å²) < 4.78 is 25.9.